The molecule has 0 saturated carbocycles. The maximum Gasteiger partial charge on any atom is 0.303 e. The topological polar surface area (TPSA) is 49.3 Å². The lowest BCUT2D eigenvalue weighted by Gasteiger charge is -2.05. The van der Waals surface area contributed by atoms with E-state index in [1.54, 1.807) is 12.1 Å². The first-order valence-corrected chi connectivity index (χ1v) is 5.34. The summed E-state index contributed by atoms with van der Waals surface area (Å²) in [5, 5.41) is 11.7. The van der Waals surface area contributed by atoms with Gasteiger partial charge in [-0.15, -0.1) is 0 Å². The second kappa shape index (κ2) is 6.45. The summed E-state index contributed by atoms with van der Waals surface area (Å²) in [4.78, 5) is 10.2. The predicted molar refractivity (Wildman–Crippen MR) is 60.0 cm³/mol. The number of carboxylic acid groups (broad SMARTS) is 1. The summed E-state index contributed by atoms with van der Waals surface area (Å²) in [6.07, 6.45) is 0.653. The third-order valence-electron chi connectivity index (χ3n) is 2.07. The molecule has 0 atom stereocenters. The van der Waals surface area contributed by atoms with Gasteiger partial charge in [-0.1, -0.05) is 17.7 Å². The first kappa shape index (κ1) is 12.9. The monoisotopic (exact) mass is 245 g/mol. The largest absolute Gasteiger partial charge is 0.481 e. The highest BCUT2D eigenvalue weighted by Gasteiger charge is 2.02. The third kappa shape index (κ3) is 4.59. The number of hydrogen-bond donors (Lipinski definition) is 2. The molecule has 2 N–H and O–H groups in total. The van der Waals surface area contributed by atoms with Crippen molar-refractivity contribution in [1.29, 1.82) is 0 Å². The van der Waals surface area contributed by atoms with Gasteiger partial charge < -0.3 is 10.4 Å². The minimum absolute atomic E-state index is 0.121. The molecule has 1 rings (SSSR count). The molecule has 0 saturated heterocycles. The van der Waals surface area contributed by atoms with Gasteiger partial charge in [0.25, 0.3) is 0 Å². The normalized spacial score (nSPS) is 10.4. The summed E-state index contributed by atoms with van der Waals surface area (Å²) in [5.74, 6) is -1.17. The zero-order chi connectivity index (χ0) is 12.0. The smallest absolute Gasteiger partial charge is 0.303 e. The molecule has 5 heteroatoms. The maximum atomic E-state index is 13.3. The highest BCUT2D eigenvalue weighted by atomic mass is 35.5. The van der Waals surface area contributed by atoms with E-state index in [2.05, 4.69) is 5.32 Å². The Hall–Kier alpha value is -1.13. The van der Waals surface area contributed by atoms with E-state index in [0.29, 0.717) is 30.1 Å². The quantitative estimate of drug-likeness (QED) is 0.757. The highest BCUT2D eigenvalue weighted by Crippen LogP contribution is 2.14. The van der Waals surface area contributed by atoms with Gasteiger partial charge in [0.2, 0.25) is 0 Å². The van der Waals surface area contributed by atoms with Crippen molar-refractivity contribution in [3.63, 3.8) is 0 Å². The van der Waals surface area contributed by atoms with Gasteiger partial charge in [0.15, 0.2) is 0 Å². The van der Waals surface area contributed by atoms with Crippen LogP contribution >= 0.6 is 11.6 Å². The van der Waals surface area contributed by atoms with Crippen LogP contribution in [0.5, 0.6) is 0 Å². The molecule has 0 aromatic heterocycles. The van der Waals surface area contributed by atoms with Gasteiger partial charge in [-0.05, 0) is 25.1 Å². The molecule has 88 valence electrons. The van der Waals surface area contributed by atoms with Crippen LogP contribution in [0.15, 0.2) is 18.2 Å². The number of carboxylic acids is 1. The lowest BCUT2D eigenvalue weighted by atomic mass is 10.2. The first-order valence-electron chi connectivity index (χ1n) is 4.96. The van der Waals surface area contributed by atoms with E-state index in [1.807, 2.05) is 0 Å². The van der Waals surface area contributed by atoms with Gasteiger partial charge in [0, 0.05) is 23.6 Å². The molecular formula is C11H13ClFNO2. The fourth-order valence-electron chi connectivity index (χ4n) is 1.25. The Bertz CT molecular complexity index is 371. The van der Waals surface area contributed by atoms with Crippen LogP contribution < -0.4 is 5.32 Å². The van der Waals surface area contributed by atoms with Gasteiger partial charge in [-0.2, -0.15) is 0 Å². The molecule has 3 nitrogen and oxygen atoms in total. The Labute approximate surface area is 98.2 Å². The van der Waals surface area contributed by atoms with Gasteiger partial charge >= 0.3 is 5.97 Å². The maximum absolute atomic E-state index is 13.3. The van der Waals surface area contributed by atoms with Crippen molar-refractivity contribution in [2.75, 3.05) is 6.54 Å². The highest BCUT2D eigenvalue weighted by molar-refractivity contribution is 6.30. The first-order chi connectivity index (χ1) is 7.59. The van der Waals surface area contributed by atoms with E-state index in [1.165, 1.54) is 6.07 Å². The standard InChI is InChI=1S/C11H13ClFNO2/c12-9-4-3-8(10(13)6-9)7-14-5-1-2-11(15)16/h3-4,6,14H,1-2,5,7H2,(H,15,16). The fourth-order valence-corrected chi connectivity index (χ4v) is 1.41. The summed E-state index contributed by atoms with van der Waals surface area (Å²) in [6, 6.07) is 4.50. The zero-order valence-electron chi connectivity index (χ0n) is 8.67. The van der Waals surface area contributed by atoms with E-state index in [0.717, 1.165) is 0 Å². The molecule has 0 heterocycles. The summed E-state index contributed by atoms with van der Waals surface area (Å²) in [5.41, 5.74) is 0.528. The van der Waals surface area contributed by atoms with Crippen LogP contribution in [0.2, 0.25) is 5.02 Å². The lowest BCUT2D eigenvalue weighted by molar-refractivity contribution is -0.137. The van der Waals surface area contributed by atoms with Crippen molar-refractivity contribution in [3.05, 3.63) is 34.6 Å². The zero-order valence-corrected chi connectivity index (χ0v) is 9.43. The van der Waals surface area contributed by atoms with Crippen molar-refractivity contribution in [2.45, 2.75) is 19.4 Å². The van der Waals surface area contributed by atoms with Crippen molar-refractivity contribution in [3.8, 4) is 0 Å². The molecule has 0 amide bonds. The van der Waals surface area contributed by atoms with Crippen LogP contribution in [0.1, 0.15) is 18.4 Å². The summed E-state index contributed by atoms with van der Waals surface area (Å²) in [6.45, 7) is 0.928. The van der Waals surface area contributed by atoms with E-state index >= 15 is 0 Å². The Morgan fingerprint density at radius 3 is 2.88 bits per heavy atom. The molecule has 0 aliphatic carbocycles. The van der Waals surface area contributed by atoms with Crippen molar-refractivity contribution >= 4 is 17.6 Å². The minimum Gasteiger partial charge on any atom is -0.481 e. The molecule has 0 spiro atoms. The Kier molecular flexibility index (Phi) is 5.22. The second-order valence-corrected chi connectivity index (χ2v) is 3.85. The molecule has 0 aliphatic rings. The van der Waals surface area contributed by atoms with E-state index in [9.17, 15) is 9.18 Å². The average Bonchev–Trinajstić information content (AvgIpc) is 2.20. The summed E-state index contributed by atoms with van der Waals surface area (Å²) < 4.78 is 13.3. The summed E-state index contributed by atoms with van der Waals surface area (Å²) in [7, 11) is 0. The molecule has 16 heavy (non-hydrogen) atoms. The van der Waals surface area contributed by atoms with E-state index < -0.39 is 5.97 Å². The molecule has 0 radical (unpaired) electrons. The Morgan fingerprint density at radius 1 is 1.50 bits per heavy atom. The summed E-state index contributed by atoms with van der Waals surface area (Å²) >= 11 is 5.61. The lowest BCUT2D eigenvalue weighted by Crippen LogP contribution is -2.16. The van der Waals surface area contributed by atoms with Gasteiger partial charge in [0.1, 0.15) is 5.82 Å². The number of rotatable bonds is 6. The van der Waals surface area contributed by atoms with Crippen LogP contribution in [-0.4, -0.2) is 17.6 Å². The van der Waals surface area contributed by atoms with Crippen LogP contribution in [-0.2, 0) is 11.3 Å². The molecule has 1 aromatic carbocycles. The number of aliphatic carboxylic acids is 1. The number of nitrogens with one attached hydrogen (secondary N) is 1. The minimum atomic E-state index is -0.820. The number of halogens is 2. The van der Waals surface area contributed by atoms with Crippen molar-refractivity contribution < 1.29 is 14.3 Å². The molecular weight excluding hydrogens is 233 g/mol. The second-order valence-electron chi connectivity index (χ2n) is 3.41. The van der Waals surface area contributed by atoms with Crippen LogP contribution in [0.3, 0.4) is 0 Å². The average molecular weight is 246 g/mol. The van der Waals surface area contributed by atoms with Crippen molar-refractivity contribution in [1.82, 2.24) is 5.32 Å². The predicted octanol–water partition coefficient (Wildman–Crippen LogP) is 2.43. The van der Waals surface area contributed by atoms with E-state index in [-0.39, 0.29) is 12.2 Å². The molecule has 0 bridgehead atoms. The van der Waals surface area contributed by atoms with E-state index in [4.69, 9.17) is 16.7 Å². The Balaban J connectivity index is 2.29. The molecule has 0 fully saturated rings. The van der Waals surface area contributed by atoms with Gasteiger partial charge in [-0.25, -0.2) is 4.39 Å². The van der Waals surface area contributed by atoms with Crippen LogP contribution in [0, 0.1) is 5.82 Å². The SMILES string of the molecule is O=C(O)CCCNCc1ccc(Cl)cc1F. The molecule has 1 aromatic rings. The Morgan fingerprint density at radius 2 is 2.25 bits per heavy atom. The fraction of sp³-hybridized carbons (Fsp3) is 0.364. The van der Waals surface area contributed by atoms with Crippen LogP contribution in [0.25, 0.3) is 0 Å². The molecule has 0 unspecified atom stereocenters. The number of carbonyl (C=O) groups is 1. The number of hydrogen-bond acceptors (Lipinski definition) is 2. The van der Waals surface area contributed by atoms with Crippen LogP contribution in [0.4, 0.5) is 4.39 Å². The van der Waals surface area contributed by atoms with Crippen molar-refractivity contribution in [2.24, 2.45) is 0 Å². The third-order valence-corrected chi connectivity index (χ3v) is 2.31. The van der Waals surface area contributed by atoms with Gasteiger partial charge in [0.05, 0.1) is 0 Å². The van der Waals surface area contributed by atoms with Gasteiger partial charge in [-0.3, -0.25) is 4.79 Å². The number of benzene rings is 1. The molecule has 0 aliphatic heterocycles.